The number of aromatic nitrogens is 4. The van der Waals surface area contributed by atoms with Crippen molar-refractivity contribution >= 4 is 17.2 Å². The van der Waals surface area contributed by atoms with Crippen molar-refractivity contribution in [3.63, 3.8) is 0 Å². The van der Waals surface area contributed by atoms with E-state index in [1.165, 1.54) is 27.6 Å². The second kappa shape index (κ2) is 4.91. The molecule has 0 atom stereocenters. The van der Waals surface area contributed by atoms with Crippen LogP contribution in [0.25, 0.3) is 5.00 Å². The summed E-state index contributed by atoms with van der Waals surface area (Å²) in [5.74, 6) is -0.135. The maximum absolute atomic E-state index is 11.8. The molecule has 0 spiro atoms. The van der Waals surface area contributed by atoms with Gasteiger partial charge in [-0.05, 0) is 27.9 Å². The fourth-order valence-electron chi connectivity index (χ4n) is 1.28. The zero-order valence-electron chi connectivity index (χ0n) is 9.16. The van der Waals surface area contributed by atoms with Crippen molar-refractivity contribution in [1.82, 2.24) is 25.1 Å². The number of carbonyl (C=O) groups excluding carboxylic acids is 1. The van der Waals surface area contributed by atoms with Gasteiger partial charge in [0.25, 0.3) is 0 Å². The summed E-state index contributed by atoms with van der Waals surface area (Å²) in [6.07, 6.45) is 0. The topological polar surface area (TPSA) is 81.8 Å². The lowest BCUT2D eigenvalue weighted by molar-refractivity contribution is -0.118. The molecule has 0 saturated heterocycles. The molecule has 1 amide bonds. The molecule has 0 aliphatic heterocycles. The maximum Gasteiger partial charge on any atom is 0.369 e. The number of hydrogen-bond acceptors (Lipinski definition) is 5. The van der Waals surface area contributed by atoms with Gasteiger partial charge in [0, 0.05) is 13.5 Å². The minimum Gasteiger partial charge on any atom is -0.354 e. The van der Waals surface area contributed by atoms with E-state index < -0.39 is 0 Å². The number of tetrazole rings is 1. The molecule has 0 unspecified atom stereocenters. The Hall–Kier alpha value is -1.96. The van der Waals surface area contributed by atoms with Crippen LogP contribution in [-0.4, -0.2) is 32.2 Å². The second-order valence-electron chi connectivity index (χ2n) is 3.33. The van der Waals surface area contributed by atoms with Gasteiger partial charge in [-0.15, -0.1) is 11.3 Å². The highest BCUT2D eigenvalue weighted by atomic mass is 32.1. The average molecular weight is 253 g/mol. The van der Waals surface area contributed by atoms with Crippen LogP contribution in [0.3, 0.4) is 0 Å². The standard InChI is InChI=1S/C9H11N5O2S/c1-7(15)10-4-5-13-9(16)14(12-11-13)8-3-2-6-17-8/h2-3,6H,4-5H2,1H3,(H,10,15). The van der Waals surface area contributed by atoms with E-state index in [4.69, 9.17) is 0 Å². The third kappa shape index (κ3) is 2.59. The Morgan fingerprint density at radius 1 is 1.53 bits per heavy atom. The fraction of sp³-hybridized carbons (Fsp3) is 0.333. The molecule has 0 radical (unpaired) electrons. The van der Waals surface area contributed by atoms with Crippen LogP contribution >= 0.6 is 11.3 Å². The summed E-state index contributed by atoms with van der Waals surface area (Å²) in [7, 11) is 0. The van der Waals surface area contributed by atoms with Crippen molar-refractivity contribution in [2.75, 3.05) is 6.54 Å². The van der Waals surface area contributed by atoms with E-state index in [9.17, 15) is 9.59 Å². The number of nitrogens with one attached hydrogen (secondary N) is 1. The lowest BCUT2D eigenvalue weighted by Gasteiger charge is -1.99. The Morgan fingerprint density at radius 2 is 2.35 bits per heavy atom. The molecule has 0 aromatic carbocycles. The highest BCUT2D eigenvalue weighted by molar-refractivity contribution is 7.12. The van der Waals surface area contributed by atoms with Crippen LogP contribution in [0, 0.1) is 0 Å². The number of amides is 1. The van der Waals surface area contributed by atoms with Gasteiger partial charge < -0.3 is 5.32 Å². The molecule has 2 rings (SSSR count). The maximum atomic E-state index is 11.8. The van der Waals surface area contributed by atoms with Crippen LogP contribution in [0.1, 0.15) is 6.92 Å². The zero-order chi connectivity index (χ0) is 12.3. The molecule has 8 heteroatoms. The molecule has 0 bridgehead atoms. The second-order valence-corrected chi connectivity index (χ2v) is 4.26. The molecular formula is C9H11N5O2S. The number of carbonyl (C=O) groups is 1. The van der Waals surface area contributed by atoms with Gasteiger partial charge in [-0.1, -0.05) is 0 Å². The van der Waals surface area contributed by atoms with Gasteiger partial charge in [-0.25, -0.2) is 4.79 Å². The van der Waals surface area contributed by atoms with Crippen LogP contribution in [0.5, 0.6) is 0 Å². The summed E-state index contributed by atoms with van der Waals surface area (Å²) in [4.78, 5) is 22.5. The minimum atomic E-state index is -0.308. The van der Waals surface area contributed by atoms with Crippen molar-refractivity contribution in [2.24, 2.45) is 0 Å². The first kappa shape index (κ1) is 11.5. The van der Waals surface area contributed by atoms with Crippen molar-refractivity contribution in [3.05, 3.63) is 28.0 Å². The van der Waals surface area contributed by atoms with E-state index in [-0.39, 0.29) is 11.6 Å². The third-order valence-corrected chi connectivity index (χ3v) is 2.90. The smallest absolute Gasteiger partial charge is 0.354 e. The molecular weight excluding hydrogens is 242 g/mol. The van der Waals surface area contributed by atoms with Crippen molar-refractivity contribution in [2.45, 2.75) is 13.5 Å². The summed E-state index contributed by atoms with van der Waals surface area (Å²) in [6, 6.07) is 3.63. The molecule has 2 heterocycles. The summed E-state index contributed by atoms with van der Waals surface area (Å²) in [5.41, 5.74) is -0.308. The highest BCUT2D eigenvalue weighted by Crippen LogP contribution is 2.10. The van der Waals surface area contributed by atoms with Gasteiger partial charge in [0.2, 0.25) is 5.91 Å². The van der Waals surface area contributed by atoms with Crippen LogP contribution < -0.4 is 11.0 Å². The van der Waals surface area contributed by atoms with Crippen LogP contribution in [0.4, 0.5) is 0 Å². The molecule has 0 aliphatic carbocycles. The summed E-state index contributed by atoms with van der Waals surface area (Å²) in [6.45, 7) is 2.09. The fourth-order valence-corrected chi connectivity index (χ4v) is 1.95. The van der Waals surface area contributed by atoms with Gasteiger partial charge in [0.05, 0.1) is 6.54 Å². The summed E-state index contributed by atoms with van der Waals surface area (Å²) >= 11 is 1.41. The number of rotatable bonds is 4. The molecule has 2 aromatic heterocycles. The number of nitrogens with zero attached hydrogens (tertiary/aromatic N) is 4. The first-order chi connectivity index (χ1) is 8.18. The zero-order valence-corrected chi connectivity index (χ0v) is 9.98. The van der Waals surface area contributed by atoms with Gasteiger partial charge >= 0.3 is 5.69 Å². The van der Waals surface area contributed by atoms with Crippen molar-refractivity contribution in [1.29, 1.82) is 0 Å². The van der Waals surface area contributed by atoms with Crippen molar-refractivity contribution in [3.8, 4) is 5.00 Å². The highest BCUT2D eigenvalue weighted by Gasteiger charge is 2.08. The molecule has 0 aliphatic rings. The molecule has 1 N–H and O–H groups in total. The van der Waals surface area contributed by atoms with Crippen molar-refractivity contribution < 1.29 is 4.79 Å². The minimum absolute atomic E-state index is 0.135. The van der Waals surface area contributed by atoms with Gasteiger partial charge in [-0.3, -0.25) is 4.79 Å². The quantitative estimate of drug-likeness (QED) is 0.805. The van der Waals surface area contributed by atoms with E-state index in [0.29, 0.717) is 13.1 Å². The van der Waals surface area contributed by atoms with E-state index in [2.05, 4.69) is 15.7 Å². The largest absolute Gasteiger partial charge is 0.369 e. The average Bonchev–Trinajstić information content (AvgIpc) is 2.88. The van der Waals surface area contributed by atoms with Gasteiger partial charge in [0.15, 0.2) is 0 Å². The number of thiophene rings is 1. The Morgan fingerprint density at radius 3 is 3.00 bits per heavy atom. The normalized spacial score (nSPS) is 10.4. The number of hydrogen-bond donors (Lipinski definition) is 1. The van der Waals surface area contributed by atoms with E-state index >= 15 is 0 Å². The molecule has 90 valence electrons. The predicted molar refractivity (Wildman–Crippen MR) is 62.2 cm³/mol. The molecule has 0 saturated carbocycles. The lowest BCUT2D eigenvalue weighted by atomic mass is 10.6. The van der Waals surface area contributed by atoms with Crippen LogP contribution in [0.15, 0.2) is 22.3 Å². The van der Waals surface area contributed by atoms with E-state index in [1.807, 2.05) is 11.4 Å². The Labute approximate surface area is 101 Å². The predicted octanol–water partition coefficient (Wildman–Crippen LogP) is -0.373. The van der Waals surface area contributed by atoms with E-state index in [1.54, 1.807) is 6.07 Å². The monoisotopic (exact) mass is 253 g/mol. The van der Waals surface area contributed by atoms with Crippen LogP contribution in [-0.2, 0) is 11.3 Å². The molecule has 17 heavy (non-hydrogen) atoms. The first-order valence-electron chi connectivity index (χ1n) is 4.99. The lowest BCUT2D eigenvalue weighted by Crippen LogP contribution is -2.30. The molecule has 0 fully saturated rings. The Balaban J connectivity index is 2.11. The SMILES string of the molecule is CC(=O)NCCn1nnn(-c2cccs2)c1=O. The summed E-state index contributed by atoms with van der Waals surface area (Å²) < 4.78 is 2.45. The van der Waals surface area contributed by atoms with Gasteiger partial charge in [0.1, 0.15) is 5.00 Å². The van der Waals surface area contributed by atoms with Gasteiger partial charge in [-0.2, -0.15) is 9.36 Å². The van der Waals surface area contributed by atoms with E-state index in [0.717, 1.165) is 5.00 Å². The van der Waals surface area contributed by atoms with Crippen LogP contribution in [0.2, 0.25) is 0 Å². The summed E-state index contributed by atoms with van der Waals surface area (Å²) in [5, 5.41) is 12.7. The third-order valence-electron chi connectivity index (χ3n) is 2.05. The molecule has 2 aromatic rings. The Kier molecular flexibility index (Phi) is 3.33. The Bertz CT molecular complexity index is 556. The molecule has 7 nitrogen and oxygen atoms in total. The first-order valence-corrected chi connectivity index (χ1v) is 5.87.